The molecule has 1 aromatic carbocycles. The van der Waals surface area contributed by atoms with Crippen LogP contribution in [0.3, 0.4) is 0 Å². The van der Waals surface area contributed by atoms with Crippen molar-refractivity contribution in [3.63, 3.8) is 0 Å². The molecular formula is C16H18FN3O3S. The van der Waals surface area contributed by atoms with E-state index < -0.39 is 17.9 Å². The monoisotopic (exact) mass is 351 g/mol. The predicted octanol–water partition coefficient (Wildman–Crippen LogP) is 1.65. The van der Waals surface area contributed by atoms with Gasteiger partial charge in [-0.25, -0.2) is 9.18 Å². The number of nitrogens with one attached hydrogen (secondary N) is 2. The van der Waals surface area contributed by atoms with E-state index in [1.165, 1.54) is 30.1 Å². The molecule has 0 saturated heterocycles. The van der Waals surface area contributed by atoms with Gasteiger partial charge in [0.1, 0.15) is 23.5 Å². The number of carboxylic acids is 1. The SMILES string of the molecule is CSCCC(NC(=O)/C(C#N)=C\NCc1cccc(F)c1)C(=O)O. The summed E-state index contributed by atoms with van der Waals surface area (Å²) >= 11 is 1.46. The van der Waals surface area contributed by atoms with Gasteiger partial charge >= 0.3 is 5.97 Å². The third kappa shape index (κ3) is 6.71. The predicted molar refractivity (Wildman–Crippen MR) is 89.5 cm³/mol. The lowest BCUT2D eigenvalue weighted by Crippen LogP contribution is -2.41. The largest absolute Gasteiger partial charge is 0.480 e. The van der Waals surface area contributed by atoms with E-state index in [0.717, 1.165) is 0 Å². The van der Waals surface area contributed by atoms with Crippen molar-refractivity contribution in [3.05, 3.63) is 47.4 Å². The molecule has 128 valence electrons. The Kier molecular flexibility index (Phi) is 8.36. The van der Waals surface area contributed by atoms with Crippen molar-refractivity contribution in [2.75, 3.05) is 12.0 Å². The number of hydrogen-bond donors (Lipinski definition) is 3. The summed E-state index contributed by atoms with van der Waals surface area (Å²) in [6.45, 7) is 0.227. The number of rotatable bonds is 9. The second-order valence-electron chi connectivity index (χ2n) is 4.83. The van der Waals surface area contributed by atoms with Gasteiger partial charge in [0.15, 0.2) is 0 Å². The Balaban J connectivity index is 2.64. The van der Waals surface area contributed by atoms with Gasteiger partial charge in [0, 0.05) is 12.7 Å². The lowest BCUT2D eigenvalue weighted by atomic mass is 10.2. The highest BCUT2D eigenvalue weighted by molar-refractivity contribution is 7.98. The molecule has 24 heavy (non-hydrogen) atoms. The van der Waals surface area contributed by atoms with Gasteiger partial charge in [0.05, 0.1) is 0 Å². The molecule has 0 fully saturated rings. The van der Waals surface area contributed by atoms with Crippen molar-refractivity contribution in [2.45, 2.75) is 19.0 Å². The minimum Gasteiger partial charge on any atom is -0.480 e. The summed E-state index contributed by atoms with van der Waals surface area (Å²) < 4.78 is 13.1. The molecule has 6 nitrogen and oxygen atoms in total. The van der Waals surface area contributed by atoms with Gasteiger partial charge in [0.25, 0.3) is 5.91 Å². The van der Waals surface area contributed by atoms with Gasteiger partial charge in [-0.15, -0.1) is 0 Å². The summed E-state index contributed by atoms with van der Waals surface area (Å²) in [5.74, 6) is -1.73. The number of carboxylic acid groups (broad SMARTS) is 1. The molecule has 0 aliphatic carbocycles. The second-order valence-corrected chi connectivity index (χ2v) is 5.81. The van der Waals surface area contributed by atoms with Crippen LogP contribution in [0.2, 0.25) is 0 Å². The zero-order valence-corrected chi connectivity index (χ0v) is 13.9. The Labute approximate surface area is 143 Å². The Morgan fingerprint density at radius 3 is 2.83 bits per heavy atom. The van der Waals surface area contributed by atoms with Gasteiger partial charge in [-0.1, -0.05) is 12.1 Å². The van der Waals surface area contributed by atoms with Crippen LogP contribution in [0.5, 0.6) is 0 Å². The smallest absolute Gasteiger partial charge is 0.326 e. The maximum Gasteiger partial charge on any atom is 0.326 e. The van der Waals surface area contributed by atoms with Crippen molar-refractivity contribution in [2.24, 2.45) is 0 Å². The number of nitrogens with zero attached hydrogens (tertiary/aromatic N) is 1. The number of halogens is 1. The molecule has 1 unspecified atom stereocenters. The van der Waals surface area contributed by atoms with Crippen molar-refractivity contribution >= 4 is 23.6 Å². The van der Waals surface area contributed by atoms with Gasteiger partial charge in [0.2, 0.25) is 0 Å². The summed E-state index contributed by atoms with van der Waals surface area (Å²) in [7, 11) is 0. The molecule has 1 amide bonds. The van der Waals surface area contributed by atoms with Gasteiger partial charge in [-0.2, -0.15) is 17.0 Å². The van der Waals surface area contributed by atoms with Crippen LogP contribution < -0.4 is 10.6 Å². The maximum absolute atomic E-state index is 13.1. The molecule has 0 aromatic heterocycles. The van der Waals surface area contributed by atoms with Crippen LogP contribution in [0, 0.1) is 17.1 Å². The number of carbonyl (C=O) groups excluding carboxylic acids is 1. The zero-order chi connectivity index (χ0) is 17.9. The number of carbonyl (C=O) groups is 2. The summed E-state index contributed by atoms with van der Waals surface area (Å²) in [6, 6.07) is 6.55. The van der Waals surface area contributed by atoms with Crippen LogP contribution in [0.4, 0.5) is 4.39 Å². The van der Waals surface area contributed by atoms with E-state index in [1.807, 2.05) is 6.26 Å². The molecule has 1 rings (SSSR count). The average Bonchev–Trinajstić information content (AvgIpc) is 2.55. The first-order valence-corrected chi connectivity index (χ1v) is 8.48. The highest BCUT2D eigenvalue weighted by Crippen LogP contribution is 2.04. The van der Waals surface area contributed by atoms with Gasteiger partial charge < -0.3 is 15.7 Å². The zero-order valence-electron chi connectivity index (χ0n) is 13.1. The molecule has 1 atom stereocenters. The number of thioether (sulfide) groups is 1. The fraction of sp³-hybridized carbons (Fsp3) is 0.312. The number of benzene rings is 1. The quantitative estimate of drug-likeness (QED) is 0.462. The van der Waals surface area contributed by atoms with Crippen molar-refractivity contribution in [1.29, 1.82) is 5.26 Å². The summed E-state index contributed by atoms with van der Waals surface area (Å²) in [5, 5.41) is 23.2. The van der Waals surface area contributed by atoms with E-state index in [2.05, 4.69) is 10.6 Å². The molecule has 0 bridgehead atoms. The summed E-state index contributed by atoms with van der Waals surface area (Å²) in [4.78, 5) is 23.1. The van der Waals surface area contributed by atoms with Crippen LogP contribution in [0.1, 0.15) is 12.0 Å². The van der Waals surface area contributed by atoms with Crippen LogP contribution >= 0.6 is 11.8 Å². The number of aliphatic carboxylic acids is 1. The van der Waals surface area contributed by atoms with Crippen LogP contribution in [-0.4, -0.2) is 35.0 Å². The van der Waals surface area contributed by atoms with Gasteiger partial charge in [-0.3, -0.25) is 4.79 Å². The normalized spacial score (nSPS) is 12.1. The van der Waals surface area contributed by atoms with E-state index in [4.69, 9.17) is 10.4 Å². The van der Waals surface area contributed by atoms with Gasteiger partial charge in [-0.05, 0) is 36.1 Å². The highest BCUT2D eigenvalue weighted by Gasteiger charge is 2.21. The molecule has 0 saturated carbocycles. The fourth-order valence-corrected chi connectivity index (χ4v) is 2.27. The molecule has 0 spiro atoms. The summed E-state index contributed by atoms with van der Waals surface area (Å²) in [5.41, 5.74) is 0.397. The first-order valence-electron chi connectivity index (χ1n) is 7.08. The number of nitriles is 1. The first kappa shape index (κ1) is 19.5. The maximum atomic E-state index is 13.1. The average molecular weight is 351 g/mol. The standard InChI is InChI=1S/C16H18FN3O3S/c1-24-6-5-14(16(22)23)20-15(21)12(8-18)10-19-9-11-3-2-4-13(17)7-11/h2-4,7,10,14,19H,5-6,9H2,1H3,(H,20,21)(H,22,23)/b12-10-. The van der Waals surface area contributed by atoms with Crippen LogP contribution in [-0.2, 0) is 16.1 Å². The van der Waals surface area contributed by atoms with Crippen molar-refractivity contribution in [3.8, 4) is 6.07 Å². The van der Waals surface area contributed by atoms with E-state index in [-0.39, 0.29) is 24.4 Å². The Bertz CT molecular complexity index is 658. The van der Waals surface area contributed by atoms with E-state index in [9.17, 15) is 14.0 Å². The summed E-state index contributed by atoms with van der Waals surface area (Å²) in [6.07, 6.45) is 3.28. The Hall–Kier alpha value is -2.53. The lowest BCUT2D eigenvalue weighted by molar-refractivity contribution is -0.141. The molecular weight excluding hydrogens is 333 g/mol. The molecule has 0 aliphatic heterocycles. The minimum absolute atomic E-state index is 0.227. The van der Waals surface area contributed by atoms with Crippen molar-refractivity contribution < 1.29 is 19.1 Å². The minimum atomic E-state index is -1.15. The molecule has 8 heteroatoms. The molecule has 0 aliphatic rings. The number of hydrogen-bond acceptors (Lipinski definition) is 5. The topological polar surface area (TPSA) is 102 Å². The van der Waals surface area contributed by atoms with Crippen LogP contribution in [0.15, 0.2) is 36.0 Å². The van der Waals surface area contributed by atoms with Crippen LogP contribution in [0.25, 0.3) is 0 Å². The van der Waals surface area contributed by atoms with E-state index in [0.29, 0.717) is 11.3 Å². The number of amides is 1. The fourth-order valence-electron chi connectivity index (χ4n) is 1.80. The highest BCUT2D eigenvalue weighted by atomic mass is 32.2. The van der Waals surface area contributed by atoms with Crippen molar-refractivity contribution in [1.82, 2.24) is 10.6 Å². The van der Waals surface area contributed by atoms with E-state index >= 15 is 0 Å². The molecule has 0 heterocycles. The Morgan fingerprint density at radius 1 is 1.50 bits per heavy atom. The third-order valence-corrected chi connectivity index (χ3v) is 3.66. The second kappa shape index (κ2) is 10.3. The molecule has 0 radical (unpaired) electrons. The lowest BCUT2D eigenvalue weighted by Gasteiger charge is -2.13. The Morgan fingerprint density at radius 2 is 2.25 bits per heavy atom. The third-order valence-electron chi connectivity index (χ3n) is 3.02. The first-order chi connectivity index (χ1) is 11.5. The molecule has 1 aromatic rings. The van der Waals surface area contributed by atoms with E-state index in [1.54, 1.807) is 18.2 Å². The molecule has 3 N–H and O–H groups in total.